The van der Waals surface area contributed by atoms with Gasteiger partial charge in [0.2, 0.25) is 0 Å². The Labute approximate surface area is 141 Å². The van der Waals surface area contributed by atoms with Gasteiger partial charge in [-0.25, -0.2) is 0 Å². The predicted molar refractivity (Wildman–Crippen MR) is 97.4 cm³/mol. The van der Waals surface area contributed by atoms with Crippen LogP contribution in [0.3, 0.4) is 0 Å². The first-order valence-corrected chi connectivity index (χ1v) is 12.0. The van der Waals surface area contributed by atoms with Crippen molar-refractivity contribution in [3.63, 3.8) is 0 Å². The molecular weight excluding hydrogens is 375 g/mol. The summed E-state index contributed by atoms with van der Waals surface area (Å²) in [6.07, 6.45) is 0. The SMILES string of the molecule is Clc1ccc(SSSSSc2ccc(Cl)cc2)cc1. The molecule has 0 spiro atoms. The number of hydrogen-bond acceptors (Lipinski definition) is 5. The van der Waals surface area contributed by atoms with Crippen molar-refractivity contribution >= 4 is 74.3 Å². The second-order valence-electron chi connectivity index (χ2n) is 3.28. The van der Waals surface area contributed by atoms with Gasteiger partial charge in [0, 0.05) is 19.8 Å². The van der Waals surface area contributed by atoms with Gasteiger partial charge in [-0.05, 0) is 99.6 Å². The van der Waals surface area contributed by atoms with Crippen LogP contribution in [-0.2, 0) is 0 Å². The standard InChI is InChI=1S/C12H8Cl2S5/c13-9-1-5-11(6-2-9)15-17-19-18-16-12-7-3-10(14)4-8-12/h1-8H. The van der Waals surface area contributed by atoms with E-state index in [1.807, 2.05) is 48.5 Å². The molecule has 100 valence electrons. The lowest BCUT2D eigenvalue weighted by molar-refractivity contribution is 1.48. The van der Waals surface area contributed by atoms with E-state index in [1.165, 1.54) is 9.79 Å². The van der Waals surface area contributed by atoms with Crippen molar-refractivity contribution in [1.82, 2.24) is 0 Å². The summed E-state index contributed by atoms with van der Waals surface area (Å²) in [7, 11) is 8.69. The summed E-state index contributed by atoms with van der Waals surface area (Å²) < 4.78 is 0. The van der Waals surface area contributed by atoms with Crippen molar-refractivity contribution in [2.75, 3.05) is 0 Å². The Kier molecular flexibility index (Phi) is 7.58. The molecule has 19 heavy (non-hydrogen) atoms. The lowest BCUT2D eigenvalue weighted by Gasteiger charge is -2.01. The average molecular weight is 383 g/mol. The third-order valence-corrected chi connectivity index (χ3v) is 10.7. The molecule has 0 nitrogen and oxygen atoms in total. The normalized spacial score (nSPS) is 10.6. The van der Waals surface area contributed by atoms with Gasteiger partial charge in [-0.15, -0.1) is 0 Å². The number of hydrogen-bond donors (Lipinski definition) is 0. The van der Waals surface area contributed by atoms with Crippen LogP contribution in [-0.4, -0.2) is 0 Å². The molecule has 2 aromatic carbocycles. The van der Waals surface area contributed by atoms with Crippen LogP contribution in [0.4, 0.5) is 0 Å². The second kappa shape index (κ2) is 8.93. The maximum Gasteiger partial charge on any atom is 0.0406 e. The molecule has 0 heterocycles. The Morgan fingerprint density at radius 2 is 0.895 bits per heavy atom. The monoisotopic (exact) mass is 382 g/mol. The molecule has 0 amide bonds. The van der Waals surface area contributed by atoms with E-state index in [9.17, 15) is 0 Å². The molecule has 0 aliphatic rings. The molecule has 0 bridgehead atoms. The van der Waals surface area contributed by atoms with Crippen LogP contribution in [0.15, 0.2) is 58.3 Å². The van der Waals surface area contributed by atoms with Crippen molar-refractivity contribution in [1.29, 1.82) is 0 Å². The van der Waals surface area contributed by atoms with E-state index in [-0.39, 0.29) is 0 Å². The summed E-state index contributed by atoms with van der Waals surface area (Å²) in [5.74, 6) is 0. The highest BCUT2D eigenvalue weighted by Gasteiger charge is 1.99. The minimum Gasteiger partial charge on any atom is -0.0843 e. The highest BCUT2D eigenvalue weighted by molar-refractivity contribution is 9.35. The van der Waals surface area contributed by atoms with E-state index in [4.69, 9.17) is 23.2 Å². The highest BCUT2D eigenvalue weighted by Crippen LogP contribution is 2.52. The first-order valence-electron chi connectivity index (χ1n) is 5.10. The molecule has 0 unspecified atom stereocenters. The highest BCUT2D eigenvalue weighted by atomic mass is 35.5. The molecule has 0 N–H and O–H groups in total. The van der Waals surface area contributed by atoms with E-state index in [2.05, 4.69) is 0 Å². The van der Waals surface area contributed by atoms with Crippen LogP contribution in [0.25, 0.3) is 0 Å². The van der Waals surface area contributed by atoms with Crippen molar-refractivity contribution in [2.24, 2.45) is 0 Å². The van der Waals surface area contributed by atoms with Gasteiger partial charge in [0.05, 0.1) is 0 Å². The lowest BCUT2D eigenvalue weighted by Crippen LogP contribution is -1.66. The molecule has 0 fully saturated rings. The van der Waals surface area contributed by atoms with Crippen molar-refractivity contribution < 1.29 is 0 Å². The van der Waals surface area contributed by atoms with Gasteiger partial charge in [0.15, 0.2) is 0 Å². The van der Waals surface area contributed by atoms with Crippen molar-refractivity contribution in [2.45, 2.75) is 9.79 Å². The van der Waals surface area contributed by atoms with Crippen LogP contribution in [0.1, 0.15) is 0 Å². The molecule has 0 radical (unpaired) electrons. The maximum atomic E-state index is 5.84. The van der Waals surface area contributed by atoms with Gasteiger partial charge in [0.25, 0.3) is 0 Å². The Bertz CT molecular complexity index is 453. The quantitative estimate of drug-likeness (QED) is 0.368. The Balaban J connectivity index is 1.64. The maximum absolute atomic E-state index is 5.84. The molecular formula is C12H8Cl2S5. The molecule has 0 aliphatic carbocycles. The number of halogens is 2. The minimum absolute atomic E-state index is 0.773. The molecule has 0 aliphatic heterocycles. The van der Waals surface area contributed by atoms with Crippen molar-refractivity contribution in [3.05, 3.63) is 58.6 Å². The van der Waals surface area contributed by atoms with E-state index < -0.39 is 0 Å². The summed E-state index contributed by atoms with van der Waals surface area (Å²) >= 11 is 11.7. The second-order valence-corrected chi connectivity index (χ2v) is 11.7. The predicted octanol–water partition coefficient (Wildman–Crippen LogP) is 7.74. The summed E-state index contributed by atoms with van der Waals surface area (Å²) in [6, 6.07) is 15.7. The molecule has 0 atom stereocenters. The molecule has 0 saturated heterocycles. The zero-order valence-corrected chi connectivity index (χ0v) is 15.0. The summed E-state index contributed by atoms with van der Waals surface area (Å²) in [5, 5.41) is 1.55. The third-order valence-electron chi connectivity index (χ3n) is 1.94. The third kappa shape index (κ3) is 6.38. The molecule has 0 saturated carbocycles. The van der Waals surface area contributed by atoms with E-state index in [1.54, 1.807) is 51.1 Å². The zero-order chi connectivity index (χ0) is 13.5. The summed E-state index contributed by atoms with van der Waals surface area (Å²) in [5.41, 5.74) is 0. The van der Waals surface area contributed by atoms with Crippen LogP contribution in [0, 0.1) is 0 Å². The van der Waals surface area contributed by atoms with Crippen LogP contribution < -0.4 is 0 Å². The number of benzene rings is 2. The van der Waals surface area contributed by atoms with Gasteiger partial charge < -0.3 is 0 Å². The fourth-order valence-corrected chi connectivity index (χ4v) is 9.52. The fourth-order valence-electron chi connectivity index (χ4n) is 1.10. The smallest absolute Gasteiger partial charge is 0.0406 e. The van der Waals surface area contributed by atoms with E-state index in [0.29, 0.717) is 0 Å². The summed E-state index contributed by atoms with van der Waals surface area (Å²) in [6.45, 7) is 0. The minimum atomic E-state index is 0.773. The van der Waals surface area contributed by atoms with E-state index >= 15 is 0 Å². The number of rotatable bonds is 6. The Morgan fingerprint density at radius 1 is 0.526 bits per heavy atom. The zero-order valence-electron chi connectivity index (χ0n) is 9.42. The lowest BCUT2D eigenvalue weighted by atomic mass is 10.4. The van der Waals surface area contributed by atoms with Crippen LogP contribution in [0.2, 0.25) is 10.0 Å². The van der Waals surface area contributed by atoms with E-state index in [0.717, 1.165) is 10.0 Å². The van der Waals surface area contributed by atoms with Crippen LogP contribution in [0.5, 0.6) is 0 Å². The van der Waals surface area contributed by atoms with Gasteiger partial charge >= 0.3 is 0 Å². The molecule has 2 aromatic rings. The fraction of sp³-hybridized carbons (Fsp3) is 0. The molecule has 0 aromatic heterocycles. The van der Waals surface area contributed by atoms with Gasteiger partial charge in [0.1, 0.15) is 0 Å². The first kappa shape index (κ1) is 16.1. The van der Waals surface area contributed by atoms with Gasteiger partial charge in [-0.1, -0.05) is 23.2 Å². The molecule has 7 heteroatoms. The molecule has 2 rings (SSSR count). The Morgan fingerprint density at radius 3 is 1.26 bits per heavy atom. The average Bonchev–Trinajstić information content (AvgIpc) is 2.43. The largest absolute Gasteiger partial charge is 0.0843 e. The van der Waals surface area contributed by atoms with Crippen molar-refractivity contribution in [3.8, 4) is 0 Å². The van der Waals surface area contributed by atoms with Gasteiger partial charge in [-0.2, -0.15) is 0 Å². The topological polar surface area (TPSA) is 0 Å². The van der Waals surface area contributed by atoms with Crippen LogP contribution >= 0.6 is 74.3 Å². The Hall–Kier alpha value is 0.770. The van der Waals surface area contributed by atoms with Gasteiger partial charge in [-0.3, -0.25) is 0 Å². The summed E-state index contributed by atoms with van der Waals surface area (Å²) in [4.78, 5) is 2.41. The first-order chi connectivity index (χ1) is 9.24.